The fourth-order valence-corrected chi connectivity index (χ4v) is 5.60. The lowest BCUT2D eigenvalue weighted by molar-refractivity contribution is -0.150. The van der Waals surface area contributed by atoms with Gasteiger partial charge in [0.1, 0.15) is 11.3 Å². The minimum Gasteiger partial charge on any atom is -0.459 e. The number of carbonyl (C=O) groups is 3. The fraction of sp³-hybridized carbons (Fsp3) is 0.571. The monoisotopic (exact) mass is 383 g/mol. The van der Waals surface area contributed by atoms with Crippen molar-refractivity contribution >= 4 is 23.5 Å². The van der Waals surface area contributed by atoms with E-state index in [-0.39, 0.29) is 42.2 Å². The summed E-state index contributed by atoms with van der Waals surface area (Å²) in [5.74, 6) is -0.778. The third-order valence-corrected chi connectivity index (χ3v) is 6.65. The molecule has 0 aromatic heterocycles. The summed E-state index contributed by atoms with van der Waals surface area (Å²) >= 11 is 0. The number of hydrogen-bond donors (Lipinski definition) is 2. The van der Waals surface area contributed by atoms with Crippen molar-refractivity contribution in [3.05, 3.63) is 29.8 Å². The number of benzene rings is 1. The SMILES string of the molecule is CC1(C)CC(CC(=O)N2C3CCC2C2(C3)NC(=O)c3ccccc3N2)C(=O)O1. The molecule has 3 fully saturated rings. The van der Waals surface area contributed by atoms with E-state index in [4.69, 9.17) is 4.74 Å². The Bertz CT molecular complexity index is 882. The topological polar surface area (TPSA) is 87.7 Å². The maximum Gasteiger partial charge on any atom is 0.310 e. The van der Waals surface area contributed by atoms with Gasteiger partial charge < -0.3 is 20.3 Å². The molecule has 0 radical (unpaired) electrons. The van der Waals surface area contributed by atoms with Crippen LogP contribution in [0.5, 0.6) is 0 Å². The van der Waals surface area contributed by atoms with E-state index >= 15 is 0 Å². The Kier molecular flexibility index (Phi) is 3.58. The summed E-state index contributed by atoms with van der Waals surface area (Å²) in [6.07, 6.45) is 3.19. The second-order valence-corrected chi connectivity index (χ2v) is 9.13. The summed E-state index contributed by atoms with van der Waals surface area (Å²) in [6.45, 7) is 3.76. The van der Waals surface area contributed by atoms with Gasteiger partial charge in [0.25, 0.3) is 5.91 Å². The molecule has 4 heterocycles. The van der Waals surface area contributed by atoms with Crippen molar-refractivity contribution in [1.29, 1.82) is 0 Å². The number of carbonyl (C=O) groups excluding carboxylic acids is 3. The van der Waals surface area contributed by atoms with E-state index in [0.717, 1.165) is 18.5 Å². The number of nitrogens with one attached hydrogen (secondary N) is 2. The van der Waals surface area contributed by atoms with Crippen molar-refractivity contribution in [2.45, 2.75) is 69.3 Å². The van der Waals surface area contributed by atoms with Crippen LogP contribution in [0.15, 0.2) is 24.3 Å². The van der Waals surface area contributed by atoms with Crippen molar-refractivity contribution in [3.8, 4) is 0 Å². The predicted molar refractivity (Wildman–Crippen MR) is 101 cm³/mol. The Morgan fingerprint density at radius 2 is 1.96 bits per heavy atom. The molecule has 4 aliphatic heterocycles. The van der Waals surface area contributed by atoms with Crippen molar-refractivity contribution < 1.29 is 19.1 Å². The highest BCUT2D eigenvalue weighted by atomic mass is 16.6. The Morgan fingerprint density at radius 3 is 2.71 bits per heavy atom. The van der Waals surface area contributed by atoms with Crippen molar-refractivity contribution in [2.75, 3.05) is 5.32 Å². The summed E-state index contributed by atoms with van der Waals surface area (Å²) in [5.41, 5.74) is 0.312. The van der Waals surface area contributed by atoms with Gasteiger partial charge in [-0.25, -0.2) is 0 Å². The zero-order valence-electron chi connectivity index (χ0n) is 16.2. The van der Waals surface area contributed by atoms with Crippen LogP contribution in [0.2, 0.25) is 0 Å². The lowest BCUT2D eigenvalue weighted by Gasteiger charge is -2.43. The van der Waals surface area contributed by atoms with Gasteiger partial charge in [0.15, 0.2) is 0 Å². The van der Waals surface area contributed by atoms with E-state index in [0.29, 0.717) is 18.4 Å². The normalized spacial score (nSPS) is 34.8. The summed E-state index contributed by atoms with van der Waals surface area (Å²) in [5, 5.41) is 6.66. The largest absolute Gasteiger partial charge is 0.459 e. The van der Waals surface area contributed by atoms with Gasteiger partial charge in [-0.05, 0) is 38.8 Å². The molecule has 4 atom stereocenters. The van der Waals surface area contributed by atoms with Crippen molar-refractivity contribution in [1.82, 2.24) is 10.2 Å². The van der Waals surface area contributed by atoms with Crippen molar-refractivity contribution in [2.24, 2.45) is 5.92 Å². The molecule has 0 saturated carbocycles. The van der Waals surface area contributed by atoms with E-state index in [1.54, 1.807) is 6.07 Å². The summed E-state index contributed by atoms with van der Waals surface area (Å²) < 4.78 is 5.38. The molecule has 1 aromatic carbocycles. The first-order valence-electron chi connectivity index (χ1n) is 10.0. The Hall–Kier alpha value is -2.57. The second-order valence-electron chi connectivity index (χ2n) is 9.13. The van der Waals surface area contributed by atoms with E-state index in [2.05, 4.69) is 10.6 Å². The zero-order chi connectivity index (χ0) is 19.7. The average molecular weight is 383 g/mol. The Morgan fingerprint density at radius 1 is 1.18 bits per heavy atom. The van der Waals surface area contributed by atoms with Gasteiger partial charge in [0.2, 0.25) is 5.91 Å². The lowest BCUT2D eigenvalue weighted by Crippen LogP contribution is -2.64. The maximum absolute atomic E-state index is 13.1. The standard InChI is InChI=1S/C21H25N3O4/c1-20(2)10-12(19(27)28-20)9-17(25)24-13-7-8-16(24)21(11-13)22-15-6-4-3-5-14(15)18(26)23-21/h3-6,12-13,16,22H,7-11H2,1-2H3,(H,23,26). The van der Waals surface area contributed by atoms with E-state index < -0.39 is 11.3 Å². The van der Waals surface area contributed by atoms with Gasteiger partial charge in [0, 0.05) is 31.0 Å². The highest BCUT2D eigenvalue weighted by molar-refractivity contribution is 6.02. The maximum atomic E-state index is 13.1. The van der Waals surface area contributed by atoms with Gasteiger partial charge >= 0.3 is 5.97 Å². The molecule has 28 heavy (non-hydrogen) atoms. The molecule has 148 valence electrons. The number of cyclic esters (lactones) is 1. The number of amides is 2. The fourth-order valence-electron chi connectivity index (χ4n) is 5.60. The minimum absolute atomic E-state index is 0.0149. The van der Waals surface area contributed by atoms with E-state index in [9.17, 15) is 14.4 Å². The molecule has 2 bridgehead atoms. The number of esters is 1. The van der Waals surface area contributed by atoms with Crippen LogP contribution in [-0.2, 0) is 14.3 Å². The number of para-hydroxylation sites is 1. The predicted octanol–water partition coefficient (Wildman–Crippen LogP) is 2.03. The second kappa shape index (κ2) is 5.72. The number of hydrogen-bond acceptors (Lipinski definition) is 5. The molecule has 7 nitrogen and oxygen atoms in total. The van der Waals surface area contributed by atoms with Crippen LogP contribution in [0.3, 0.4) is 0 Å². The number of anilines is 1. The molecule has 0 aliphatic carbocycles. The summed E-state index contributed by atoms with van der Waals surface area (Å²) in [7, 11) is 0. The average Bonchev–Trinajstić information content (AvgIpc) is 3.23. The number of rotatable bonds is 2. The van der Waals surface area contributed by atoms with Gasteiger partial charge in [-0.3, -0.25) is 14.4 Å². The first-order valence-corrected chi connectivity index (χ1v) is 10.0. The third-order valence-electron chi connectivity index (χ3n) is 6.65. The van der Waals surface area contributed by atoms with Crippen LogP contribution in [0.4, 0.5) is 5.69 Å². The number of ether oxygens (including phenoxy) is 1. The highest BCUT2D eigenvalue weighted by Gasteiger charge is 2.60. The molecule has 1 aromatic rings. The molecule has 1 spiro atoms. The van der Waals surface area contributed by atoms with Gasteiger partial charge in [-0.1, -0.05) is 12.1 Å². The molecule has 2 N–H and O–H groups in total. The molecular weight excluding hydrogens is 358 g/mol. The van der Waals surface area contributed by atoms with Gasteiger partial charge in [-0.2, -0.15) is 0 Å². The minimum atomic E-state index is -0.626. The zero-order valence-corrected chi connectivity index (χ0v) is 16.2. The van der Waals surface area contributed by atoms with Crippen LogP contribution in [0.1, 0.15) is 56.3 Å². The van der Waals surface area contributed by atoms with Crippen molar-refractivity contribution in [3.63, 3.8) is 0 Å². The summed E-state index contributed by atoms with van der Waals surface area (Å²) in [6, 6.07) is 7.44. The lowest BCUT2D eigenvalue weighted by atomic mass is 9.86. The van der Waals surface area contributed by atoms with Crippen LogP contribution in [0.25, 0.3) is 0 Å². The summed E-state index contributed by atoms with van der Waals surface area (Å²) in [4.78, 5) is 39.9. The van der Waals surface area contributed by atoms with Crippen LogP contribution in [0, 0.1) is 5.92 Å². The molecule has 5 rings (SSSR count). The quantitative estimate of drug-likeness (QED) is 0.763. The smallest absolute Gasteiger partial charge is 0.310 e. The molecule has 4 unspecified atom stereocenters. The van der Waals surface area contributed by atoms with Gasteiger partial charge in [0.05, 0.1) is 17.5 Å². The molecular formula is C21H25N3O4. The Balaban J connectivity index is 1.37. The molecule has 3 saturated heterocycles. The number of fused-ring (bicyclic) bond motifs is 4. The van der Waals surface area contributed by atoms with Crippen LogP contribution < -0.4 is 10.6 Å². The number of nitrogens with zero attached hydrogens (tertiary/aromatic N) is 1. The molecule has 2 amide bonds. The highest BCUT2D eigenvalue weighted by Crippen LogP contribution is 2.47. The van der Waals surface area contributed by atoms with Crippen LogP contribution in [-0.4, -0.2) is 46.0 Å². The van der Waals surface area contributed by atoms with E-state index in [1.807, 2.05) is 36.9 Å². The first kappa shape index (κ1) is 17.5. The Labute approximate surface area is 163 Å². The third kappa shape index (κ3) is 2.52. The molecule has 4 aliphatic rings. The van der Waals surface area contributed by atoms with E-state index in [1.165, 1.54) is 0 Å². The first-order chi connectivity index (χ1) is 13.3. The van der Waals surface area contributed by atoms with Gasteiger partial charge in [-0.15, -0.1) is 0 Å². The molecule has 7 heteroatoms. The van der Waals surface area contributed by atoms with Crippen LogP contribution >= 0.6 is 0 Å².